The summed E-state index contributed by atoms with van der Waals surface area (Å²) < 4.78 is 13.5. The lowest BCUT2D eigenvalue weighted by atomic mass is 10.1. The quantitative estimate of drug-likeness (QED) is 0.884. The minimum absolute atomic E-state index is 0.298. The van der Waals surface area contributed by atoms with Crippen LogP contribution in [0.25, 0.3) is 0 Å². The third-order valence-corrected chi connectivity index (χ3v) is 3.73. The number of aromatic nitrogens is 2. The van der Waals surface area contributed by atoms with Crippen molar-refractivity contribution in [2.75, 3.05) is 19.8 Å². The van der Waals surface area contributed by atoms with Crippen molar-refractivity contribution in [3.05, 3.63) is 42.0 Å². The summed E-state index contributed by atoms with van der Waals surface area (Å²) in [7, 11) is 1.99. The van der Waals surface area contributed by atoms with Gasteiger partial charge in [0, 0.05) is 37.5 Å². The summed E-state index contributed by atoms with van der Waals surface area (Å²) in [5, 5.41) is 3.41. The maximum Gasteiger partial charge on any atom is 0.127 e. The van der Waals surface area contributed by atoms with Crippen LogP contribution in [0, 0.1) is 0 Å². The van der Waals surface area contributed by atoms with E-state index in [-0.39, 0.29) is 0 Å². The fraction of sp³-hybridized carbons (Fsp3) is 0.438. The van der Waals surface area contributed by atoms with Crippen LogP contribution in [0.3, 0.4) is 0 Å². The predicted molar refractivity (Wildman–Crippen MR) is 80.8 cm³/mol. The fourth-order valence-corrected chi connectivity index (χ4v) is 2.59. The molecule has 2 heterocycles. The van der Waals surface area contributed by atoms with Crippen LogP contribution >= 0.6 is 0 Å². The van der Waals surface area contributed by atoms with Crippen molar-refractivity contribution in [2.24, 2.45) is 7.05 Å². The molecule has 3 rings (SSSR count). The molecule has 0 bridgehead atoms. The summed E-state index contributed by atoms with van der Waals surface area (Å²) >= 11 is 0. The Hall–Kier alpha value is -2.01. The van der Waals surface area contributed by atoms with Gasteiger partial charge < -0.3 is 19.4 Å². The smallest absolute Gasteiger partial charge is 0.127 e. The first-order chi connectivity index (χ1) is 10.3. The molecule has 1 N–H and O–H groups in total. The molecule has 1 aliphatic rings. The summed E-state index contributed by atoms with van der Waals surface area (Å²) in [5.41, 5.74) is 1.22. The normalized spacial score (nSPS) is 16.6. The van der Waals surface area contributed by atoms with E-state index in [0.29, 0.717) is 19.3 Å². The summed E-state index contributed by atoms with van der Waals surface area (Å²) in [6.45, 7) is 4.35. The molecular formula is C16H21N3O2. The van der Waals surface area contributed by atoms with Crippen molar-refractivity contribution < 1.29 is 9.47 Å². The predicted octanol–water partition coefficient (Wildman–Crippen LogP) is 2.08. The molecule has 1 aromatic heterocycles. The molecule has 112 valence electrons. The Morgan fingerprint density at radius 1 is 1.48 bits per heavy atom. The van der Waals surface area contributed by atoms with Crippen LogP contribution in [0.4, 0.5) is 0 Å². The third-order valence-electron chi connectivity index (χ3n) is 3.73. The van der Waals surface area contributed by atoms with E-state index in [9.17, 15) is 0 Å². The maximum absolute atomic E-state index is 5.80. The molecule has 21 heavy (non-hydrogen) atoms. The highest BCUT2D eigenvalue weighted by Gasteiger charge is 2.23. The Morgan fingerprint density at radius 3 is 3.14 bits per heavy atom. The second-order valence-corrected chi connectivity index (χ2v) is 5.17. The minimum atomic E-state index is 0.298. The zero-order valence-electron chi connectivity index (χ0n) is 12.5. The van der Waals surface area contributed by atoms with Gasteiger partial charge >= 0.3 is 0 Å². The number of ether oxygens (including phenoxy) is 2. The summed E-state index contributed by atoms with van der Waals surface area (Å²) in [5.74, 6) is 2.80. The molecule has 0 amide bonds. The van der Waals surface area contributed by atoms with Gasteiger partial charge in [0.2, 0.25) is 0 Å². The lowest BCUT2D eigenvalue weighted by Crippen LogP contribution is -2.21. The average molecular weight is 287 g/mol. The van der Waals surface area contributed by atoms with Crippen LogP contribution in [0.5, 0.6) is 11.5 Å². The van der Waals surface area contributed by atoms with Crippen molar-refractivity contribution in [3.63, 3.8) is 0 Å². The average Bonchev–Trinajstić information content (AvgIpc) is 3.07. The number of benzene rings is 1. The van der Waals surface area contributed by atoms with Gasteiger partial charge in [0.1, 0.15) is 23.9 Å². The Bertz CT molecular complexity index is 609. The molecule has 0 saturated carbocycles. The molecule has 5 heteroatoms. The topological polar surface area (TPSA) is 48.3 Å². The lowest BCUT2D eigenvalue weighted by molar-refractivity contribution is 0.304. The van der Waals surface area contributed by atoms with E-state index < -0.39 is 0 Å². The molecule has 1 aromatic carbocycles. The van der Waals surface area contributed by atoms with Gasteiger partial charge in [-0.15, -0.1) is 0 Å². The molecule has 1 atom stereocenters. The van der Waals surface area contributed by atoms with Gasteiger partial charge in [-0.3, -0.25) is 0 Å². The first-order valence-corrected chi connectivity index (χ1v) is 7.37. The van der Waals surface area contributed by atoms with Crippen molar-refractivity contribution in [3.8, 4) is 11.5 Å². The summed E-state index contributed by atoms with van der Waals surface area (Å²) in [6.07, 6.45) is 4.54. The Balaban J connectivity index is 1.59. The molecule has 0 saturated heterocycles. The molecule has 0 radical (unpaired) electrons. The highest BCUT2D eigenvalue weighted by Crippen LogP contribution is 2.35. The highest BCUT2D eigenvalue weighted by molar-refractivity contribution is 5.45. The van der Waals surface area contributed by atoms with E-state index in [0.717, 1.165) is 30.3 Å². The van der Waals surface area contributed by atoms with Gasteiger partial charge in [0.25, 0.3) is 0 Å². The van der Waals surface area contributed by atoms with Crippen molar-refractivity contribution >= 4 is 0 Å². The van der Waals surface area contributed by atoms with Crippen LogP contribution in [-0.2, 0) is 13.5 Å². The minimum Gasteiger partial charge on any atom is -0.493 e. The number of hydrogen-bond acceptors (Lipinski definition) is 4. The Kier molecular flexibility index (Phi) is 4.10. The molecular weight excluding hydrogens is 266 g/mol. The van der Waals surface area contributed by atoms with Gasteiger partial charge in [-0.1, -0.05) is 6.92 Å². The molecule has 1 unspecified atom stereocenters. The summed E-state index contributed by atoms with van der Waals surface area (Å²) in [4.78, 5) is 4.29. The maximum atomic E-state index is 5.80. The fourth-order valence-electron chi connectivity index (χ4n) is 2.59. The first kappa shape index (κ1) is 13.9. The van der Waals surface area contributed by atoms with Crippen molar-refractivity contribution in [2.45, 2.75) is 19.4 Å². The lowest BCUT2D eigenvalue weighted by Gasteiger charge is -2.10. The van der Waals surface area contributed by atoms with Crippen molar-refractivity contribution in [1.29, 1.82) is 0 Å². The number of rotatable bonds is 6. The molecule has 0 aliphatic carbocycles. The second-order valence-electron chi connectivity index (χ2n) is 5.17. The number of nitrogens with zero attached hydrogens (tertiary/aromatic N) is 2. The number of aryl methyl sites for hydroxylation is 1. The van der Waals surface area contributed by atoms with Crippen molar-refractivity contribution in [1.82, 2.24) is 14.9 Å². The number of fused-ring (bicyclic) bond motifs is 1. The van der Waals surface area contributed by atoms with Crippen LogP contribution in [0.2, 0.25) is 0 Å². The summed E-state index contributed by atoms with van der Waals surface area (Å²) in [6, 6.07) is 6.37. The van der Waals surface area contributed by atoms with Gasteiger partial charge in [-0.05, 0) is 18.7 Å². The standard InChI is InChI=1S/C16H21N3O2/c1-3-17-14-11-21-15-10-12(4-5-13(14)15)20-9-6-16-18-7-8-19(16)2/h4-5,7-8,10,14,17H,3,6,9,11H2,1-2H3. The zero-order valence-corrected chi connectivity index (χ0v) is 12.5. The van der Waals surface area contributed by atoms with Crippen LogP contribution in [-0.4, -0.2) is 29.3 Å². The van der Waals surface area contributed by atoms with E-state index in [2.05, 4.69) is 23.3 Å². The van der Waals surface area contributed by atoms with Gasteiger partial charge in [0.05, 0.1) is 12.6 Å². The molecule has 0 spiro atoms. The van der Waals surface area contributed by atoms with E-state index in [1.165, 1.54) is 5.56 Å². The monoisotopic (exact) mass is 287 g/mol. The number of imidazole rings is 1. The number of hydrogen-bond donors (Lipinski definition) is 1. The molecule has 1 aliphatic heterocycles. The van der Waals surface area contributed by atoms with Crippen LogP contribution in [0.15, 0.2) is 30.6 Å². The largest absolute Gasteiger partial charge is 0.493 e. The first-order valence-electron chi connectivity index (χ1n) is 7.37. The van der Waals surface area contributed by atoms with Gasteiger partial charge in [-0.25, -0.2) is 4.98 Å². The van der Waals surface area contributed by atoms with Crippen LogP contribution in [0.1, 0.15) is 24.4 Å². The highest BCUT2D eigenvalue weighted by atomic mass is 16.5. The number of likely N-dealkylation sites (N-methyl/N-ethyl adjacent to an activating group) is 1. The Morgan fingerprint density at radius 2 is 2.38 bits per heavy atom. The molecule has 2 aromatic rings. The molecule has 5 nitrogen and oxygen atoms in total. The zero-order chi connectivity index (χ0) is 14.7. The third kappa shape index (κ3) is 3.03. The SMILES string of the molecule is CCNC1COc2cc(OCCc3nccn3C)ccc21. The molecule has 0 fully saturated rings. The second kappa shape index (κ2) is 6.18. The number of nitrogens with one attached hydrogen (secondary N) is 1. The van der Waals surface area contributed by atoms with E-state index >= 15 is 0 Å². The van der Waals surface area contributed by atoms with E-state index in [4.69, 9.17) is 9.47 Å². The van der Waals surface area contributed by atoms with Crippen LogP contribution < -0.4 is 14.8 Å². The van der Waals surface area contributed by atoms with Gasteiger partial charge in [-0.2, -0.15) is 0 Å². The van der Waals surface area contributed by atoms with E-state index in [1.807, 2.05) is 29.9 Å². The van der Waals surface area contributed by atoms with E-state index in [1.54, 1.807) is 6.20 Å². The Labute approximate surface area is 124 Å². The van der Waals surface area contributed by atoms with Gasteiger partial charge in [0.15, 0.2) is 0 Å².